The molecule has 4 fully saturated rings. The van der Waals surface area contributed by atoms with Crippen LogP contribution in [0.3, 0.4) is 0 Å². The number of carbonyl (C=O) groups is 1. The Morgan fingerprint density at radius 2 is 1.60 bits per heavy atom. The zero-order valence-electron chi connectivity index (χ0n) is 10.3. The van der Waals surface area contributed by atoms with Gasteiger partial charge in [0.05, 0.1) is 0 Å². The van der Waals surface area contributed by atoms with Crippen molar-refractivity contribution in [2.45, 2.75) is 30.5 Å². The molecule has 4 heterocycles. The first-order chi connectivity index (χ1) is 9.81. The van der Waals surface area contributed by atoms with Crippen LogP contribution in [0.2, 0.25) is 14.4 Å². The molecule has 0 aromatic rings. The monoisotopic (exact) mass is 480 g/mol. The topological polar surface area (TPSA) is 35.5 Å². The van der Waals surface area contributed by atoms with Crippen LogP contribution < -0.4 is 0 Å². The second-order valence-corrected chi connectivity index (χ2v) is 16.0. The number of ether oxygens (including phenoxy) is 2. The van der Waals surface area contributed by atoms with Crippen molar-refractivity contribution in [3.63, 3.8) is 0 Å². The van der Waals surface area contributed by atoms with E-state index in [2.05, 4.69) is 0 Å². The zero-order valence-corrected chi connectivity index (χ0v) is 17.0. The first-order valence-corrected chi connectivity index (χ1v) is 14.1. The van der Waals surface area contributed by atoms with Gasteiger partial charge < -0.3 is 0 Å². The number of carbonyl (C=O) groups excluding carboxylic acids is 1. The minimum atomic E-state index is 0.117. The summed E-state index contributed by atoms with van der Waals surface area (Å²) in [6, 6.07) is 0. The fourth-order valence-corrected chi connectivity index (χ4v) is 17.8. The van der Waals surface area contributed by atoms with E-state index < -0.39 is 0 Å². The van der Waals surface area contributed by atoms with Crippen LogP contribution in [0.25, 0.3) is 0 Å². The van der Waals surface area contributed by atoms with Gasteiger partial charge in [-0.1, -0.05) is 0 Å². The van der Waals surface area contributed by atoms with E-state index in [1.54, 1.807) is 23.5 Å². The molecule has 20 heavy (non-hydrogen) atoms. The SMILES string of the molecule is O=C1SC(=C2SC3OCCOC3S2)SC1C1[Se]CC[Se]1. The average molecular weight is 478 g/mol. The quantitative estimate of drug-likeness (QED) is 0.537. The van der Waals surface area contributed by atoms with Gasteiger partial charge in [0.1, 0.15) is 0 Å². The van der Waals surface area contributed by atoms with Gasteiger partial charge in [0, 0.05) is 0 Å². The molecule has 0 aliphatic carbocycles. The summed E-state index contributed by atoms with van der Waals surface area (Å²) in [6.45, 7) is 1.37. The normalized spacial score (nSPS) is 38.8. The van der Waals surface area contributed by atoms with Crippen LogP contribution in [-0.2, 0) is 14.3 Å². The summed E-state index contributed by atoms with van der Waals surface area (Å²) in [6.07, 6.45) is 0. The third-order valence-corrected chi connectivity index (χ3v) is 18.5. The van der Waals surface area contributed by atoms with Crippen molar-refractivity contribution in [3.8, 4) is 0 Å². The van der Waals surface area contributed by atoms with Gasteiger partial charge in [-0.15, -0.1) is 0 Å². The van der Waals surface area contributed by atoms with Crippen LogP contribution in [0.1, 0.15) is 0 Å². The van der Waals surface area contributed by atoms with Crippen LogP contribution in [0.15, 0.2) is 8.47 Å². The maximum atomic E-state index is 12.3. The predicted octanol–water partition coefficient (Wildman–Crippen LogP) is 2.67. The van der Waals surface area contributed by atoms with Gasteiger partial charge in [-0.05, 0) is 0 Å². The van der Waals surface area contributed by atoms with Crippen LogP contribution in [0.5, 0.6) is 0 Å². The molecule has 0 saturated carbocycles. The van der Waals surface area contributed by atoms with E-state index >= 15 is 0 Å². The van der Waals surface area contributed by atoms with Gasteiger partial charge in [-0.3, -0.25) is 0 Å². The van der Waals surface area contributed by atoms with Gasteiger partial charge in [-0.25, -0.2) is 0 Å². The Morgan fingerprint density at radius 1 is 0.950 bits per heavy atom. The van der Waals surface area contributed by atoms with Gasteiger partial charge in [-0.2, -0.15) is 0 Å². The Bertz CT molecular complexity index is 439. The fraction of sp³-hybridized carbons (Fsp3) is 0.727. The maximum absolute atomic E-state index is 12.3. The molecule has 3 nitrogen and oxygen atoms in total. The molecule has 0 aromatic heterocycles. The summed E-state index contributed by atoms with van der Waals surface area (Å²) in [7, 11) is 0. The summed E-state index contributed by atoms with van der Waals surface area (Å²) in [5, 5.41) is 3.41. The molecular weight excluding hydrogens is 466 g/mol. The van der Waals surface area contributed by atoms with Crippen molar-refractivity contribution in [2.24, 2.45) is 0 Å². The van der Waals surface area contributed by atoms with Crippen molar-refractivity contribution in [3.05, 3.63) is 8.47 Å². The molecule has 0 aromatic carbocycles. The van der Waals surface area contributed by atoms with Gasteiger partial charge in [0.2, 0.25) is 0 Å². The second kappa shape index (κ2) is 6.71. The summed E-state index contributed by atoms with van der Waals surface area (Å²) < 4.78 is 14.7. The molecule has 4 aliphatic rings. The predicted molar refractivity (Wildman–Crippen MR) is 90.5 cm³/mol. The van der Waals surface area contributed by atoms with Crippen molar-refractivity contribution in [2.75, 3.05) is 13.2 Å². The third kappa shape index (κ3) is 3.05. The Labute approximate surface area is 147 Å². The molecule has 4 saturated heterocycles. The van der Waals surface area contributed by atoms with Gasteiger partial charge >= 0.3 is 149 Å². The third-order valence-electron chi connectivity index (χ3n) is 3.04. The molecule has 4 aliphatic heterocycles. The molecular formula is C11H12O3S4Se2. The Kier molecular flexibility index (Phi) is 5.14. The Balaban J connectivity index is 1.49. The molecule has 110 valence electrons. The number of hydrogen-bond donors (Lipinski definition) is 0. The molecule has 0 amide bonds. The molecule has 9 heteroatoms. The molecule has 0 radical (unpaired) electrons. The van der Waals surface area contributed by atoms with E-state index in [0.29, 0.717) is 48.2 Å². The van der Waals surface area contributed by atoms with Crippen LogP contribution in [-0.4, -0.2) is 64.4 Å². The number of hydrogen-bond acceptors (Lipinski definition) is 7. The Hall–Kier alpha value is 1.77. The molecule has 3 unspecified atom stereocenters. The van der Waals surface area contributed by atoms with Crippen LogP contribution >= 0.6 is 47.0 Å². The molecule has 0 spiro atoms. The minimum absolute atomic E-state index is 0.117. The zero-order chi connectivity index (χ0) is 13.5. The molecule has 0 N–H and O–H groups in total. The van der Waals surface area contributed by atoms with E-state index in [1.165, 1.54) is 30.9 Å². The van der Waals surface area contributed by atoms with Crippen molar-refractivity contribution in [1.82, 2.24) is 0 Å². The first-order valence-electron chi connectivity index (χ1n) is 6.23. The molecule has 3 atom stereocenters. The standard InChI is InChI=1S/C11H12O3S4Se2/c12-6-5(11-19-3-4-20-11)15-9(16-6)10-17-7-8(18-10)14-2-1-13-7/h5,7-8,11H,1-4H2. The average Bonchev–Trinajstić information content (AvgIpc) is 3.16. The van der Waals surface area contributed by atoms with Crippen LogP contribution in [0.4, 0.5) is 0 Å². The number of rotatable bonds is 1. The van der Waals surface area contributed by atoms with Crippen LogP contribution in [0, 0.1) is 0 Å². The van der Waals surface area contributed by atoms with E-state index in [0.717, 1.165) is 3.71 Å². The molecule has 4 rings (SSSR count). The number of fused-ring (bicyclic) bond motifs is 1. The summed E-state index contributed by atoms with van der Waals surface area (Å²) >= 11 is 8.20. The van der Waals surface area contributed by atoms with E-state index in [1.807, 2.05) is 11.8 Å². The number of thioether (sulfide) groups is 4. The summed E-state index contributed by atoms with van der Waals surface area (Å²) in [4.78, 5) is 12.3. The van der Waals surface area contributed by atoms with E-state index in [4.69, 9.17) is 9.47 Å². The van der Waals surface area contributed by atoms with Gasteiger partial charge in [0.25, 0.3) is 0 Å². The van der Waals surface area contributed by atoms with Crippen molar-refractivity contribution in [1.29, 1.82) is 0 Å². The molecule has 0 bridgehead atoms. The van der Waals surface area contributed by atoms with E-state index in [-0.39, 0.29) is 16.1 Å². The Morgan fingerprint density at radius 3 is 2.25 bits per heavy atom. The van der Waals surface area contributed by atoms with Crippen molar-refractivity contribution >= 4 is 82.1 Å². The summed E-state index contributed by atoms with van der Waals surface area (Å²) in [5.41, 5.74) is 0.234. The second-order valence-electron chi connectivity index (χ2n) is 4.36. The van der Waals surface area contributed by atoms with Crippen molar-refractivity contribution < 1.29 is 14.3 Å². The summed E-state index contributed by atoms with van der Waals surface area (Å²) in [5.74, 6) is 0. The van der Waals surface area contributed by atoms with Gasteiger partial charge in [0.15, 0.2) is 0 Å². The van der Waals surface area contributed by atoms with E-state index in [9.17, 15) is 4.79 Å². The fourth-order valence-electron chi connectivity index (χ4n) is 2.14. The first kappa shape index (κ1) is 15.3.